The number of benzene rings is 2. The van der Waals surface area contributed by atoms with Crippen LogP contribution in [0.15, 0.2) is 42.5 Å². The molecule has 0 aliphatic rings. The molecule has 0 fully saturated rings. The molecule has 0 radical (unpaired) electrons. The highest BCUT2D eigenvalue weighted by atomic mass is 35.5. The molecule has 2 rings (SSSR count). The second-order valence-corrected chi connectivity index (χ2v) is 4.53. The van der Waals surface area contributed by atoms with Gasteiger partial charge in [-0.25, -0.2) is 4.39 Å². The van der Waals surface area contributed by atoms with Crippen molar-refractivity contribution in [2.24, 2.45) is 0 Å². The smallest absolute Gasteiger partial charge is 0.124 e. The van der Waals surface area contributed by atoms with Gasteiger partial charge in [-0.1, -0.05) is 0 Å². The molecule has 2 aromatic carbocycles. The number of hydrogen-bond donors (Lipinski definition) is 0. The number of methoxy groups -OCH3 is 1. The topological polar surface area (TPSA) is 27.7 Å². The first-order valence-electron chi connectivity index (χ1n) is 6.47. The maximum atomic E-state index is 13.1. The molecule has 0 atom stereocenters. The first kappa shape index (κ1) is 15.4. The Bertz CT molecular complexity index is 572. The summed E-state index contributed by atoms with van der Waals surface area (Å²) in [7, 11) is 1.61. The van der Waals surface area contributed by atoms with Crippen molar-refractivity contribution in [3.63, 3.8) is 0 Å². The Balaban J connectivity index is 1.81. The Morgan fingerprint density at radius 3 is 2.29 bits per heavy atom. The number of halogens is 2. The van der Waals surface area contributed by atoms with Crippen molar-refractivity contribution in [1.82, 2.24) is 0 Å². The molecule has 3 nitrogen and oxygen atoms in total. The summed E-state index contributed by atoms with van der Waals surface area (Å²) in [5.74, 6) is 1.96. The van der Waals surface area contributed by atoms with E-state index in [-0.39, 0.29) is 11.7 Å². The number of alkyl halides is 1. The van der Waals surface area contributed by atoms with Crippen molar-refractivity contribution < 1.29 is 18.6 Å². The van der Waals surface area contributed by atoms with Crippen LogP contribution >= 0.6 is 11.6 Å². The van der Waals surface area contributed by atoms with Crippen molar-refractivity contribution in [3.05, 3.63) is 53.8 Å². The second-order valence-electron chi connectivity index (χ2n) is 4.26. The van der Waals surface area contributed by atoms with Crippen LogP contribution in [0.4, 0.5) is 4.39 Å². The lowest BCUT2D eigenvalue weighted by atomic mass is 10.2. The standard InChI is InChI=1S/C16H16ClFO3/c1-19-14-3-5-15(6-4-14)20-8-9-21-16-7-2-13(18)10-12(16)11-17/h2-7,10H,8-9,11H2,1H3. The minimum Gasteiger partial charge on any atom is -0.497 e. The highest BCUT2D eigenvalue weighted by molar-refractivity contribution is 6.17. The second kappa shape index (κ2) is 7.74. The predicted molar refractivity (Wildman–Crippen MR) is 79.9 cm³/mol. The van der Waals surface area contributed by atoms with Crippen LogP contribution in [-0.2, 0) is 5.88 Å². The normalized spacial score (nSPS) is 10.2. The highest BCUT2D eigenvalue weighted by Gasteiger charge is 2.04. The molecule has 0 unspecified atom stereocenters. The summed E-state index contributed by atoms with van der Waals surface area (Å²) < 4.78 is 29.2. The van der Waals surface area contributed by atoms with Gasteiger partial charge in [-0.2, -0.15) is 0 Å². The molecule has 0 spiro atoms. The van der Waals surface area contributed by atoms with Gasteiger partial charge in [0, 0.05) is 5.56 Å². The Morgan fingerprint density at radius 2 is 1.62 bits per heavy atom. The van der Waals surface area contributed by atoms with Crippen LogP contribution in [0, 0.1) is 5.82 Å². The number of hydrogen-bond acceptors (Lipinski definition) is 3. The van der Waals surface area contributed by atoms with Gasteiger partial charge in [-0.3, -0.25) is 0 Å². The third-order valence-corrected chi connectivity index (χ3v) is 3.12. The van der Waals surface area contributed by atoms with Gasteiger partial charge in [0.15, 0.2) is 0 Å². The number of rotatable bonds is 7. The molecule has 0 aromatic heterocycles. The summed E-state index contributed by atoms with van der Waals surface area (Å²) in [4.78, 5) is 0. The molecule has 0 aliphatic carbocycles. The molecule has 0 saturated carbocycles. The lowest BCUT2D eigenvalue weighted by Crippen LogP contribution is -2.10. The maximum Gasteiger partial charge on any atom is 0.124 e. The van der Waals surface area contributed by atoms with Crippen molar-refractivity contribution >= 4 is 11.6 Å². The zero-order valence-corrected chi connectivity index (χ0v) is 12.4. The third kappa shape index (κ3) is 4.53. The molecule has 0 amide bonds. The highest BCUT2D eigenvalue weighted by Crippen LogP contribution is 2.22. The van der Waals surface area contributed by atoms with Gasteiger partial charge in [-0.05, 0) is 42.5 Å². The Hall–Kier alpha value is -1.94. The van der Waals surface area contributed by atoms with E-state index in [4.69, 9.17) is 25.8 Å². The van der Waals surface area contributed by atoms with Crippen LogP contribution in [0.2, 0.25) is 0 Å². The van der Waals surface area contributed by atoms with Crippen LogP contribution in [-0.4, -0.2) is 20.3 Å². The number of ether oxygens (including phenoxy) is 3. The molecule has 0 saturated heterocycles. The molecule has 2 aromatic rings. The van der Waals surface area contributed by atoms with E-state index in [2.05, 4.69) is 0 Å². The van der Waals surface area contributed by atoms with Gasteiger partial charge >= 0.3 is 0 Å². The molecule has 0 aliphatic heterocycles. The summed E-state index contributed by atoms with van der Waals surface area (Å²) in [5.41, 5.74) is 0.626. The van der Waals surface area contributed by atoms with Crippen LogP contribution < -0.4 is 14.2 Å². The Labute approximate surface area is 128 Å². The van der Waals surface area contributed by atoms with E-state index in [1.807, 2.05) is 24.3 Å². The monoisotopic (exact) mass is 310 g/mol. The van der Waals surface area contributed by atoms with E-state index in [0.29, 0.717) is 24.5 Å². The van der Waals surface area contributed by atoms with Crippen molar-refractivity contribution in [2.75, 3.05) is 20.3 Å². The zero-order chi connectivity index (χ0) is 15.1. The first-order chi connectivity index (χ1) is 10.2. The molecule has 0 heterocycles. The fourth-order valence-electron chi connectivity index (χ4n) is 1.78. The fraction of sp³-hybridized carbons (Fsp3) is 0.250. The summed E-state index contributed by atoms with van der Waals surface area (Å²) in [6, 6.07) is 11.6. The minimum atomic E-state index is -0.326. The summed E-state index contributed by atoms with van der Waals surface area (Å²) in [5, 5.41) is 0. The van der Waals surface area contributed by atoms with Crippen LogP contribution in [0.3, 0.4) is 0 Å². The average Bonchev–Trinajstić information content (AvgIpc) is 2.53. The lowest BCUT2D eigenvalue weighted by molar-refractivity contribution is 0.216. The summed E-state index contributed by atoms with van der Waals surface area (Å²) in [6.45, 7) is 0.729. The van der Waals surface area contributed by atoms with E-state index < -0.39 is 0 Å². The zero-order valence-electron chi connectivity index (χ0n) is 11.6. The van der Waals surface area contributed by atoms with Gasteiger partial charge in [-0.15, -0.1) is 11.6 Å². The first-order valence-corrected chi connectivity index (χ1v) is 7.00. The average molecular weight is 311 g/mol. The van der Waals surface area contributed by atoms with E-state index in [1.165, 1.54) is 12.1 Å². The Morgan fingerprint density at radius 1 is 0.952 bits per heavy atom. The minimum absolute atomic E-state index is 0.201. The van der Waals surface area contributed by atoms with E-state index in [1.54, 1.807) is 13.2 Å². The van der Waals surface area contributed by atoms with Gasteiger partial charge in [0.1, 0.15) is 36.3 Å². The Kier molecular flexibility index (Phi) is 5.69. The third-order valence-electron chi connectivity index (χ3n) is 2.84. The SMILES string of the molecule is COc1ccc(OCCOc2ccc(F)cc2CCl)cc1. The molecular formula is C16H16ClFO3. The van der Waals surface area contributed by atoms with Crippen LogP contribution in [0.5, 0.6) is 17.2 Å². The van der Waals surface area contributed by atoms with E-state index >= 15 is 0 Å². The molecule has 112 valence electrons. The quantitative estimate of drug-likeness (QED) is 0.571. The van der Waals surface area contributed by atoms with Crippen molar-refractivity contribution in [1.29, 1.82) is 0 Å². The van der Waals surface area contributed by atoms with Crippen molar-refractivity contribution in [3.8, 4) is 17.2 Å². The molecule has 21 heavy (non-hydrogen) atoms. The molecule has 0 bridgehead atoms. The predicted octanol–water partition coefficient (Wildman–Crippen LogP) is 4.03. The van der Waals surface area contributed by atoms with Gasteiger partial charge in [0.25, 0.3) is 0 Å². The van der Waals surface area contributed by atoms with Gasteiger partial charge in [0.05, 0.1) is 13.0 Å². The molecule has 0 N–H and O–H groups in total. The van der Waals surface area contributed by atoms with Crippen LogP contribution in [0.25, 0.3) is 0 Å². The lowest BCUT2D eigenvalue weighted by Gasteiger charge is -2.11. The largest absolute Gasteiger partial charge is 0.497 e. The van der Waals surface area contributed by atoms with E-state index in [9.17, 15) is 4.39 Å². The maximum absolute atomic E-state index is 13.1. The van der Waals surface area contributed by atoms with Gasteiger partial charge < -0.3 is 14.2 Å². The molecular weight excluding hydrogens is 295 g/mol. The summed E-state index contributed by atoms with van der Waals surface area (Å²) >= 11 is 5.75. The van der Waals surface area contributed by atoms with Crippen LogP contribution in [0.1, 0.15) is 5.56 Å². The van der Waals surface area contributed by atoms with Crippen molar-refractivity contribution in [2.45, 2.75) is 5.88 Å². The fourth-order valence-corrected chi connectivity index (χ4v) is 1.99. The van der Waals surface area contributed by atoms with Gasteiger partial charge in [0.2, 0.25) is 0 Å². The summed E-state index contributed by atoms with van der Waals surface area (Å²) in [6.07, 6.45) is 0. The molecule has 5 heteroatoms. The van der Waals surface area contributed by atoms with E-state index in [0.717, 1.165) is 11.5 Å².